The summed E-state index contributed by atoms with van der Waals surface area (Å²) in [5.74, 6) is -1.90. The predicted octanol–water partition coefficient (Wildman–Crippen LogP) is 3.26. The van der Waals surface area contributed by atoms with Gasteiger partial charge >= 0.3 is 12.1 Å². The number of nitrogens with zero attached hydrogens (tertiary/aromatic N) is 3. The van der Waals surface area contributed by atoms with E-state index in [-0.39, 0.29) is 24.4 Å². The van der Waals surface area contributed by atoms with Crippen molar-refractivity contribution in [2.24, 2.45) is 0 Å². The average Bonchev–Trinajstić information content (AvgIpc) is 2.77. The molecule has 2 aliphatic rings. The minimum Gasteiger partial charge on any atom is -0.369 e. The number of piperazine rings is 1. The number of benzene rings is 2. The monoisotopic (exact) mass is 481 g/mol. The van der Waals surface area contributed by atoms with Crippen LogP contribution in [0.1, 0.15) is 22.3 Å². The molecule has 1 fully saturated rings. The van der Waals surface area contributed by atoms with Gasteiger partial charge in [-0.3, -0.25) is 4.79 Å². The van der Waals surface area contributed by atoms with Crippen molar-refractivity contribution < 1.29 is 26.4 Å². The first kappa shape index (κ1) is 23.6. The molecule has 6 nitrogen and oxygen atoms in total. The smallest absolute Gasteiger partial charge is 0.369 e. The van der Waals surface area contributed by atoms with Gasteiger partial charge in [-0.05, 0) is 55.2 Å². The van der Waals surface area contributed by atoms with Gasteiger partial charge in [-0.25, -0.2) is 8.42 Å². The summed E-state index contributed by atoms with van der Waals surface area (Å²) in [6, 6.07) is 10.7. The molecule has 0 atom stereocenters. The Hall–Kier alpha value is -2.59. The van der Waals surface area contributed by atoms with Crippen molar-refractivity contribution in [3.05, 3.63) is 58.7 Å². The third kappa shape index (κ3) is 4.72. The molecule has 2 heterocycles. The van der Waals surface area contributed by atoms with E-state index < -0.39 is 22.1 Å². The van der Waals surface area contributed by atoms with Gasteiger partial charge in [-0.1, -0.05) is 23.8 Å². The largest absolute Gasteiger partial charge is 0.471 e. The summed E-state index contributed by atoms with van der Waals surface area (Å²) in [5.41, 5.74) is 4.59. The summed E-state index contributed by atoms with van der Waals surface area (Å²) in [6.07, 6.45) is -4.69. The number of amides is 1. The molecule has 0 aromatic heterocycles. The molecular formula is C23H26F3N3O3S. The zero-order chi connectivity index (χ0) is 24.0. The number of carbonyl (C=O) groups excluding carboxylic acids is 1. The molecule has 178 valence electrons. The highest BCUT2D eigenvalue weighted by molar-refractivity contribution is 7.89. The Balaban J connectivity index is 1.49. The number of hydrogen-bond donors (Lipinski definition) is 0. The quantitative estimate of drug-likeness (QED) is 0.675. The van der Waals surface area contributed by atoms with Crippen molar-refractivity contribution in [1.82, 2.24) is 9.21 Å². The van der Waals surface area contributed by atoms with Gasteiger partial charge in [0.1, 0.15) is 0 Å². The summed E-state index contributed by atoms with van der Waals surface area (Å²) in [5, 5.41) is 0. The van der Waals surface area contributed by atoms with Crippen molar-refractivity contribution in [2.75, 3.05) is 37.6 Å². The number of carbonyl (C=O) groups is 1. The number of fused-ring (bicyclic) bond motifs is 1. The van der Waals surface area contributed by atoms with Crippen molar-refractivity contribution >= 4 is 21.6 Å². The summed E-state index contributed by atoms with van der Waals surface area (Å²) in [4.78, 5) is 14.5. The van der Waals surface area contributed by atoms with E-state index in [1.165, 1.54) is 22.0 Å². The minimum absolute atomic E-state index is 0.0438. The molecule has 2 aliphatic heterocycles. The first-order valence-electron chi connectivity index (χ1n) is 10.8. The zero-order valence-corrected chi connectivity index (χ0v) is 19.3. The maximum atomic E-state index is 13.2. The molecule has 0 N–H and O–H groups in total. The van der Waals surface area contributed by atoms with Crippen molar-refractivity contribution in [1.29, 1.82) is 0 Å². The maximum Gasteiger partial charge on any atom is 0.471 e. The highest BCUT2D eigenvalue weighted by Crippen LogP contribution is 2.29. The number of aryl methyl sites for hydroxylation is 2. The van der Waals surface area contributed by atoms with E-state index in [4.69, 9.17) is 0 Å². The molecule has 1 amide bonds. The SMILES string of the molecule is Cc1ccc(N2CCN(S(=O)(=O)c3ccc4c(c3)CN(C(=O)C(F)(F)F)CC4)CC2)c(C)c1. The summed E-state index contributed by atoms with van der Waals surface area (Å²) in [6.45, 7) is 5.47. The molecule has 0 spiro atoms. The van der Waals surface area contributed by atoms with Crippen molar-refractivity contribution in [3.8, 4) is 0 Å². The number of hydrogen-bond acceptors (Lipinski definition) is 4. The minimum atomic E-state index is -4.95. The van der Waals surface area contributed by atoms with Crippen LogP contribution in [0.3, 0.4) is 0 Å². The van der Waals surface area contributed by atoms with Crippen molar-refractivity contribution in [2.45, 2.75) is 37.9 Å². The molecule has 0 bridgehead atoms. The molecule has 0 unspecified atom stereocenters. The molecular weight excluding hydrogens is 455 g/mol. The predicted molar refractivity (Wildman–Crippen MR) is 119 cm³/mol. The van der Waals surface area contributed by atoms with Crippen LogP contribution >= 0.6 is 0 Å². The van der Waals surface area contributed by atoms with E-state index in [1.54, 1.807) is 6.07 Å². The van der Waals surface area contributed by atoms with Gasteiger partial charge in [0.15, 0.2) is 0 Å². The number of alkyl halides is 3. The number of halogens is 3. The second-order valence-electron chi connectivity index (χ2n) is 8.59. The molecule has 0 saturated carbocycles. The van der Waals surface area contributed by atoms with Crippen LogP contribution in [0, 0.1) is 13.8 Å². The lowest BCUT2D eigenvalue weighted by molar-refractivity contribution is -0.186. The van der Waals surface area contributed by atoms with Gasteiger partial charge in [-0.2, -0.15) is 17.5 Å². The normalized spacial score (nSPS) is 17.7. The first-order valence-corrected chi connectivity index (χ1v) is 12.2. The zero-order valence-electron chi connectivity index (χ0n) is 18.5. The Kier molecular flexibility index (Phi) is 6.17. The van der Waals surface area contributed by atoms with Crippen molar-refractivity contribution in [3.63, 3.8) is 0 Å². The van der Waals surface area contributed by atoms with Gasteiger partial charge in [0.2, 0.25) is 10.0 Å². The van der Waals surface area contributed by atoms with Crippen LogP contribution in [0.5, 0.6) is 0 Å². The Morgan fingerprint density at radius 3 is 2.24 bits per heavy atom. The first-order chi connectivity index (χ1) is 15.5. The van der Waals surface area contributed by atoms with Crippen LogP contribution in [0.4, 0.5) is 18.9 Å². The van der Waals surface area contributed by atoms with Gasteiger partial charge < -0.3 is 9.80 Å². The third-order valence-electron chi connectivity index (χ3n) is 6.29. The van der Waals surface area contributed by atoms with E-state index in [1.807, 2.05) is 26.0 Å². The van der Waals surface area contributed by atoms with Crippen LogP contribution in [0.25, 0.3) is 0 Å². The molecule has 2 aromatic carbocycles. The van der Waals surface area contributed by atoms with Crippen LogP contribution in [-0.4, -0.2) is 62.4 Å². The number of anilines is 1. The van der Waals surface area contributed by atoms with E-state index in [0.717, 1.165) is 21.7 Å². The lowest BCUT2D eigenvalue weighted by atomic mass is 10.00. The standard InChI is InChI=1S/C23H26F3N3O3S/c1-16-3-6-21(17(2)13-16)27-9-11-29(12-10-27)33(31,32)20-5-4-18-7-8-28(15-19(18)14-20)22(30)23(24,25)26/h3-6,13-14H,7-12,15H2,1-2H3. The second kappa shape index (κ2) is 8.64. The molecule has 2 aromatic rings. The molecule has 33 heavy (non-hydrogen) atoms. The number of rotatable bonds is 3. The van der Waals surface area contributed by atoms with Crippen LogP contribution < -0.4 is 4.90 Å². The Morgan fingerprint density at radius 1 is 0.909 bits per heavy atom. The van der Waals surface area contributed by atoms with E-state index in [0.29, 0.717) is 31.7 Å². The molecule has 1 saturated heterocycles. The molecule has 4 rings (SSSR count). The highest BCUT2D eigenvalue weighted by atomic mass is 32.2. The van der Waals surface area contributed by atoms with Gasteiger partial charge in [0.25, 0.3) is 0 Å². The van der Waals surface area contributed by atoms with Gasteiger partial charge in [0.05, 0.1) is 4.90 Å². The summed E-state index contributed by atoms with van der Waals surface area (Å²) < 4.78 is 66.4. The Bertz CT molecular complexity index is 1170. The Labute approximate surface area is 191 Å². The fourth-order valence-corrected chi connectivity index (χ4v) is 6.00. The fraction of sp³-hybridized carbons (Fsp3) is 0.435. The van der Waals surface area contributed by atoms with Crippen LogP contribution in [0.2, 0.25) is 0 Å². The van der Waals surface area contributed by atoms with Gasteiger partial charge in [-0.15, -0.1) is 0 Å². The van der Waals surface area contributed by atoms with Crippen LogP contribution in [-0.2, 0) is 27.8 Å². The van der Waals surface area contributed by atoms with E-state index in [9.17, 15) is 26.4 Å². The number of sulfonamides is 1. The lowest BCUT2D eigenvalue weighted by Gasteiger charge is -2.36. The van der Waals surface area contributed by atoms with E-state index >= 15 is 0 Å². The topological polar surface area (TPSA) is 60.9 Å². The average molecular weight is 482 g/mol. The fourth-order valence-electron chi connectivity index (χ4n) is 4.53. The maximum absolute atomic E-state index is 13.2. The van der Waals surface area contributed by atoms with E-state index in [2.05, 4.69) is 11.0 Å². The molecule has 0 radical (unpaired) electrons. The van der Waals surface area contributed by atoms with Gasteiger partial charge in [0, 0.05) is 45.0 Å². The summed E-state index contributed by atoms with van der Waals surface area (Å²) in [7, 11) is -3.80. The van der Waals surface area contributed by atoms with Crippen LogP contribution in [0.15, 0.2) is 41.3 Å². The third-order valence-corrected chi connectivity index (χ3v) is 8.18. The second-order valence-corrected chi connectivity index (χ2v) is 10.5. The molecule has 10 heteroatoms. The summed E-state index contributed by atoms with van der Waals surface area (Å²) >= 11 is 0. The highest BCUT2D eigenvalue weighted by Gasteiger charge is 2.43. The molecule has 0 aliphatic carbocycles. The lowest BCUT2D eigenvalue weighted by Crippen LogP contribution is -2.49. The Morgan fingerprint density at radius 2 is 1.61 bits per heavy atom.